The van der Waals surface area contributed by atoms with Gasteiger partial charge >= 0.3 is 0 Å². The fourth-order valence-electron chi connectivity index (χ4n) is 2.53. The number of halogens is 1. The normalized spacial score (nSPS) is 11.2. The van der Waals surface area contributed by atoms with Gasteiger partial charge < -0.3 is 4.98 Å². The van der Waals surface area contributed by atoms with E-state index in [4.69, 9.17) is 12.2 Å². The molecule has 0 amide bonds. The highest BCUT2D eigenvalue weighted by molar-refractivity contribution is 7.71. The van der Waals surface area contributed by atoms with Crippen molar-refractivity contribution >= 4 is 23.3 Å². The largest absolute Gasteiger partial charge is 0.330 e. The summed E-state index contributed by atoms with van der Waals surface area (Å²) in [6.45, 7) is 5.88. The molecule has 0 spiro atoms. The zero-order valence-corrected chi connectivity index (χ0v) is 12.4. The molecule has 102 valence electrons. The highest BCUT2D eigenvalue weighted by Gasteiger charge is 2.11. The second kappa shape index (κ2) is 4.56. The minimum Gasteiger partial charge on any atom is -0.330 e. The number of aromatic amines is 1. The Hall–Kier alpha value is -1.94. The van der Waals surface area contributed by atoms with Crippen LogP contribution >= 0.6 is 12.2 Å². The summed E-state index contributed by atoms with van der Waals surface area (Å²) in [7, 11) is 0. The van der Waals surface area contributed by atoms with Crippen molar-refractivity contribution in [2.45, 2.75) is 20.8 Å². The topological polar surface area (TPSA) is 20.7 Å². The molecule has 0 aliphatic heterocycles. The first kappa shape index (κ1) is 13.1. The molecule has 0 unspecified atom stereocenters. The molecule has 4 heteroatoms. The molecule has 0 atom stereocenters. The summed E-state index contributed by atoms with van der Waals surface area (Å²) in [6, 6.07) is 9.55. The molecule has 0 fully saturated rings. The maximum Gasteiger partial charge on any atom is 0.182 e. The van der Waals surface area contributed by atoms with Gasteiger partial charge in [0.2, 0.25) is 0 Å². The highest BCUT2D eigenvalue weighted by atomic mass is 32.1. The summed E-state index contributed by atoms with van der Waals surface area (Å²) in [5.74, 6) is -0.221. The van der Waals surface area contributed by atoms with Gasteiger partial charge in [0.15, 0.2) is 4.77 Å². The van der Waals surface area contributed by atoms with Gasteiger partial charge in [0.25, 0.3) is 0 Å². The fraction of sp³-hybridized carbons (Fsp3) is 0.188. The van der Waals surface area contributed by atoms with Crippen molar-refractivity contribution in [1.82, 2.24) is 9.55 Å². The van der Waals surface area contributed by atoms with Gasteiger partial charge in [-0.2, -0.15) is 0 Å². The molecule has 20 heavy (non-hydrogen) atoms. The first-order valence-corrected chi connectivity index (χ1v) is 6.86. The number of fused-ring (bicyclic) bond motifs is 1. The zero-order valence-electron chi connectivity index (χ0n) is 11.6. The molecule has 1 heterocycles. The van der Waals surface area contributed by atoms with E-state index in [0.29, 0.717) is 10.3 Å². The van der Waals surface area contributed by atoms with Crippen LogP contribution in [0.1, 0.15) is 16.7 Å². The Bertz CT molecular complexity index is 874. The Morgan fingerprint density at radius 1 is 1.05 bits per heavy atom. The van der Waals surface area contributed by atoms with Gasteiger partial charge in [-0.3, -0.25) is 4.57 Å². The van der Waals surface area contributed by atoms with E-state index < -0.39 is 0 Å². The minimum absolute atomic E-state index is 0.221. The van der Waals surface area contributed by atoms with Crippen LogP contribution in [0.2, 0.25) is 0 Å². The van der Waals surface area contributed by atoms with E-state index in [1.807, 2.05) is 16.7 Å². The third-order valence-corrected chi connectivity index (χ3v) is 3.84. The van der Waals surface area contributed by atoms with Gasteiger partial charge in [-0.1, -0.05) is 17.7 Å². The molecule has 1 aromatic heterocycles. The third kappa shape index (κ3) is 1.96. The molecular formula is C16H15FN2S. The number of H-pyrrole nitrogens is 1. The Kier molecular flexibility index (Phi) is 2.98. The lowest BCUT2D eigenvalue weighted by Crippen LogP contribution is -1.98. The van der Waals surface area contributed by atoms with E-state index in [0.717, 1.165) is 22.3 Å². The molecule has 3 rings (SSSR count). The van der Waals surface area contributed by atoms with Crippen LogP contribution in [0.5, 0.6) is 0 Å². The quantitative estimate of drug-likeness (QED) is 0.640. The van der Waals surface area contributed by atoms with E-state index in [9.17, 15) is 4.39 Å². The van der Waals surface area contributed by atoms with Crippen LogP contribution < -0.4 is 0 Å². The van der Waals surface area contributed by atoms with Crippen molar-refractivity contribution in [2.24, 2.45) is 0 Å². The fourth-order valence-corrected chi connectivity index (χ4v) is 2.83. The standard InChI is InChI=1S/C16H15FN2S/c1-9-4-5-14(11(3)6-9)19-15-7-10(2)12(17)8-13(15)18-16(19)20/h4-8H,1-3H3,(H,18,20). The summed E-state index contributed by atoms with van der Waals surface area (Å²) < 4.78 is 16.2. The third-order valence-electron chi connectivity index (χ3n) is 3.56. The van der Waals surface area contributed by atoms with Crippen LogP contribution in [-0.2, 0) is 0 Å². The summed E-state index contributed by atoms with van der Waals surface area (Å²) in [6.07, 6.45) is 0. The van der Waals surface area contributed by atoms with Crippen LogP contribution in [0.25, 0.3) is 16.7 Å². The molecule has 1 N–H and O–H groups in total. The molecule has 0 radical (unpaired) electrons. The van der Waals surface area contributed by atoms with Crippen LogP contribution in [0.4, 0.5) is 4.39 Å². The van der Waals surface area contributed by atoms with Crippen molar-refractivity contribution in [1.29, 1.82) is 0 Å². The van der Waals surface area contributed by atoms with Gasteiger partial charge in [0, 0.05) is 0 Å². The number of aryl methyl sites for hydroxylation is 3. The smallest absolute Gasteiger partial charge is 0.182 e. The first-order valence-electron chi connectivity index (χ1n) is 6.46. The van der Waals surface area contributed by atoms with E-state index in [2.05, 4.69) is 31.0 Å². The predicted molar refractivity (Wildman–Crippen MR) is 82.6 cm³/mol. The number of hydrogen-bond acceptors (Lipinski definition) is 1. The van der Waals surface area contributed by atoms with Crippen molar-refractivity contribution in [3.63, 3.8) is 0 Å². The second-order valence-corrected chi connectivity index (χ2v) is 5.56. The lowest BCUT2D eigenvalue weighted by atomic mass is 10.1. The van der Waals surface area contributed by atoms with E-state index in [-0.39, 0.29) is 5.82 Å². The summed E-state index contributed by atoms with van der Waals surface area (Å²) >= 11 is 5.40. The molecule has 0 saturated carbocycles. The van der Waals surface area contributed by atoms with Crippen LogP contribution in [0.15, 0.2) is 30.3 Å². The highest BCUT2D eigenvalue weighted by Crippen LogP contribution is 2.24. The van der Waals surface area contributed by atoms with E-state index in [1.54, 1.807) is 6.92 Å². The number of benzene rings is 2. The zero-order chi connectivity index (χ0) is 14.4. The van der Waals surface area contributed by atoms with Crippen LogP contribution in [-0.4, -0.2) is 9.55 Å². The van der Waals surface area contributed by atoms with Gasteiger partial charge in [-0.15, -0.1) is 0 Å². The van der Waals surface area contributed by atoms with E-state index in [1.165, 1.54) is 11.6 Å². The molecule has 2 aromatic carbocycles. The predicted octanol–water partition coefficient (Wildman–Crippen LogP) is 4.75. The maximum atomic E-state index is 13.7. The number of imidazole rings is 1. The SMILES string of the molecule is Cc1ccc(-n2c(=S)[nH]c3cc(F)c(C)cc32)c(C)c1. The van der Waals surface area contributed by atoms with Crippen molar-refractivity contribution in [2.75, 3.05) is 0 Å². The van der Waals surface area contributed by atoms with Gasteiger partial charge in [0.05, 0.1) is 16.7 Å². The summed E-state index contributed by atoms with van der Waals surface area (Å²) in [5.41, 5.74) is 5.62. The number of nitrogens with zero attached hydrogens (tertiary/aromatic N) is 1. The molecule has 3 aromatic rings. The molecule has 0 bridgehead atoms. The molecule has 0 aliphatic carbocycles. The molecule has 0 aliphatic rings. The lowest BCUT2D eigenvalue weighted by Gasteiger charge is -2.09. The van der Waals surface area contributed by atoms with Crippen LogP contribution in [0.3, 0.4) is 0 Å². The molecule has 2 nitrogen and oxygen atoms in total. The number of hydrogen-bond donors (Lipinski definition) is 1. The van der Waals surface area contributed by atoms with Gasteiger partial charge in [-0.05, 0) is 62.3 Å². The lowest BCUT2D eigenvalue weighted by molar-refractivity contribution is 0.620. The Morgan fingerprint density at radius 3 is 2.50 bits per heavy atom. The summed E-state index contributed by atoms with van der Waals surface area (Å²) in [5, 5.41) is 0. The monoisotopic (exact) mass is 286 g/mol. The van der Waals surface area contributed by atoms with Gasteiger partial charge in [0.1, 0.15) is 5.82 Å². The summed E-state index contributed by atoms with van der Waals surface area (Å²) in [4.78, 5) is 3.07. The van der Waals surface area contributed by atoms with E-state index >= 15 is 0 Å². The van der Waals surface area contributed by atoms with Crippen molar-refractivity contribution in [3.8, 4) is 5.69 Å². The average molecular weight is 286 g/mol. The average Bonchev–Trinajstić information content (AvgIpc) is 2.66. The first-order chi connectivity index (χ1) is 9.47. The molecule has 0 saturated heterocycles. The number of nitrogens with one attached hydrogen (secondary N) is 1. The Morgan fingerprint density at radius 2 is 1.80 bits per heavy atom. The van der Waals surface area contributed by atoms with Crippen molar-refractivity contribution in [3.05, 3.63) is 57.6 Å². The Balaban J connectivity index is 2.39. The minimum atomic E-state index is -0.221. The van der Waals surface area contributed by atoms with Gasteiger partial charge in [-0.25, -0.2) is 4.39 Å². The van der Waals surface area contributed by atoms with Crippen LogP contribution in [0, 0.1) is 31.4 Å². The maximum absolute atomic E-state index is 13.7. The number of rotatable bonds is 1. The molecular weight excluding hydrogens is 271 g/mol. The Labute approximate surface area is 121 Å². The van der Waals surface area contributed by atoms with Crippen molar-refractivity contribution < 1.29 is 4.39 Å². The second-order valence-electron chi connectivity index (χ2n) is 5.17. The number of aromatic nitrogens is 2.